The number of nitrogens with one attached hydrogen (secondary N) is 1. The number of fused-ring (bicyclic) bond motifs is 1. The van der Waals surface area contributed by atoms with E-state index in [0.29, 0.717) is 23.6 Å². The Kier molecular flexibility index (Phi) is 5.55. The molecule has 142 valence electrons. The van der Waals surface area contributed by atoms with Crippen LogP contribution in [0.5, 0.6) is 11.5 Å². The fourth-order valence-corrected chi connectivity index (χ4v) is 3.48. The first-order chi connectivity index (χ1) is 13.3. The van der Waals surface area contributed by atoms with E-state index in [9.17, 15) is 4.79 Å². The van der Waals surface area contributed by atoms with Crippen molar-refractivity contribution in [2.45, 2.75) is 6.54 Å². The normalized spacial score (nSPS) is 17.0. The van der Waals surface area contributed by atoms with Gasteiger partial charge in [-0.15, -0.1) is 0 Å². The highest BCUT2D eigenvalue weighted by Crippen LogP contribution is 2.32. The predicted octanol–water partition coefficient (Wildman–Crippen LogP) is 1.96. The molecule has 0 radical (unpaired) electrons. The summed E-state index contributed by atoms with van der Waals surface area (Å²) in [7, 11) is 0. The molecule has 2 heterocycles. The number of piperazine rings is 1. The molecule has 27 heavy (non-hydrogen) atoms. The molecular formula is C21H25N3O3. The van der Waals surface area contributed by atoms with Crippen LogP contribution in [0.4, 0.5) is 0 Å². The zero-order valence-corrected chi connectivity index (χ0v) is 15.4. The van der Waals surface area contributed by atoms with Crippen LogP contribution < -0.4 is 14.8 Å². The molecule has 1 saturated heterocycles. The number of benzene rings is 2. The van der Waals surface area contributed by atoms with Crippen molar-refractivity contribution < 1.29 is 14.3 Å². The van der Waals surface area contributed by atoms with E-state index in [2.05, 4.69) is 45.4 Å². The summed E-state index contributed by atoms with van der Waals surface area (Å²) in [4.78, 5) is 17.2. The number of amides is 1. The number of carbonyl (C=O) groups is 1. The molecule has 0 aromatic heterocycles. The molecule has 2 aliphatic heterocycles. The van der Waals surface area contributed by atoms with Crippen molar-refractivity contribution in [1.82, 2.24) is 15.1 Å². The zero-order valence-electron chi connectivity index (χ0n) is 15.4. The van der Waals surface area contributed by atoms with E-state index in [0.717, 1.165) is 39.3 Å². The predicted molar refractivity (Wildman–Crippen MR) is 103 cm³/mol. The fraction of sp³-hybridized carbons (Fsp3) is 0.381. The second-order valence-corrected chi connectivity index (χ2v) is 6.93. The minimum Gasteiger partial charge on any atom is -0.454 e. The first-order valence-electron chi connectivity index (χ1n) is 9.44. The van der Waals surface area contributed by atoms with Crippen LogP contribution in [0.3, 0.4) is 0 Å². The average molecular weight is 367 g/mol. The fourth-order valence-electron chi connectivity index (χ4n) is 3.48. The summed E-state index contributed by atoms with van der Waals surface area (Å²) in [6, 6.07) is 15.9. The second-order valence-electron chi connectivity index (χ2n) is 6.93. The maximum Gasteiger partial charge on any atom is 0.251 e. The van der Waals surface area contributed by atoms with Crippen molar-refractivity contribution in [3.05, 3.63) is 59.7 Å². The van der Waals surface area contributed by atoms with Crippen LogP contribution >= 0.6 is 0 Å². The highest BCUT2D eigenvalue weighted by atomic mass is 16.7. The summed E-state index contributed by atoms with van der Waals surface area (Å²) in [5, 5.41) is 3.00. The lowest BCUT2D eigenvalue weighted by Crippen LogP contribution is -2.48. The number of carbonyl (C=O) groups excluding carboxylic acids is 1. The molecule has 0 aliphatic carbocycles. The lowest BCUT2D eigenvalue weighted by atomic mass is 10.2. The van der Waals surface area contributed by atoms with Gasteiger partial charge in [0, 0.05) is 51.4 Å². The summed E-state index contributed by atoms with van der Waals surface area (Å²) in [5.41, 5.74) is 1.97. The highest BCUT2D eigenvalue weighted by molar-refractivity contribution is 5.94. The Bertz CT molecular complexity index is 773. The van der Waals surface area contributed by atoms with Crippen LogP contribution in [0.2, 0.25) is 0 Å². The smallest absolute Gasteiger partial charge is 0.251 e. The topological polar surface area (TPSA) is 54.0 Å². The summed E-state index contributed by atoms with van der Waals surface area (Å²) < 4.78 is 10.6. The Morgan fingerprint density at radius 1 is 0.926 bits per heavy atom. The molecule has 2 aromatic carbocycles. The summed E-state index contributed by atoms with van der Waals surface area (Å²) in [6.45, 7) is 6.93. The van der Waals surface area contributed by atoms with Gasteiger partial charge in [-0.25, -0.2) is 0 Å². The van der Waals surface area contributed by atoms with Crippen LogP contribution in [-0.2, 0) is 6.54 Å². The van der Waals surface area contributed by atoms with Crippen molar-refractivity contribution in [2.24, 2.45) is 0 Å². The minimum atomic E-state index is -0.0731. The van der Waals surface area contributed by atoms with Gasteiger partial charge in [0.15, 0.2) is 11.5 Å². The van der Waals surface area contributed by atoms with Gasteiger partial charge in [0.2, 0.25) is 6.79 Å². The largest absolute Gasteiger partial charge is 0.454 e. The van der Waals surface area contributed by atoms with E-state index in [1.807, 2.05) is 0 Å². The van der Waals surface area contributed by atoms with E-state index < -0.39 is 0 Å². The molecule has 1 N–H and O–H groups in total. The van der Waals surface area contributed by atoms with E-state index in [-0.39, 0.29) is 12.7 Å². The molecule has 2 aromatic rings. The van der Waals surface area contributed by atoms with Crippen molar-refractivity contribution in [3.8, 4) is 11.5 Å². The van der Waals surface area contributed by atoms with Gasteiger partial charge < -0.3 is 14.8 Å². The van der Waals surface area contributed by atoms with Gasteiger partial charge in [0.1, 0.15) is 0 Å². The minimum absolute atomic E-state index is 0.0731. The van der Waals surface area contributed by atoms with Crippen LogP contribution in [0, 0.1) is 0 Å². The van der Waals surface area contributed by atoms with Gasteiger partial charge in [0.25, 0.3) is 5.91 Å². The molecule has 6 nitrogen and oxygen atoms in total. The number of rotatable bonds is 6. The Morgan fingerprint density at radius 3 is 2.48 bits per heavy atom. The molecule has 0 atom stereocenters. The third-order valence-electron chi connectivity index (χ3n) is 5.06. The first kappa shape index (κ1) is 17.8. The standard InChI is InChI=1S/C21H25N3O3/c25-21(18-6-7-19-20(14-18)27-16-26-19)22-8-9-23-10-12-24(13-11-23)15-17-4-2-1-3-5-17/h1-7,14H,8-13,15-16H2,(H,22,25). The molecule has 1 fully saturated rings. The molecule has 0 saturated carbocycles. The summed E-state index contributed by atoms with van der Waals surface area (Å²) >= 11 is 0. The van der Waals surface area contributed by atoms with Gasteiger partial charge >= 0.3 is 0 Å². The van der Waals surface area contributed by atoms with Crippen molar-refractivity contribution in [1.29, 1.82) is 0 Å². The van der Waals surface area contributed by atoms with Gasteiger partial charge in [-0.2, -0.15) is 0 Å². The quantitative estimate of drug-likeness (QED) is 0.846. The van der Waals surface area contributed by atoms with Crippen molar-refractivity contribution in [2.75, 3.05) is 46.1 Å². The highest BCUT2D eigenvalue weighted by Gasteiger charge is 2.18. The lowest BCUT2D eigenvalue weighted by Gasteiger charge is -2.34. The molecule has 0 unspecified atom stereocenters. The Balaban J connectivity index is 1.17. The van der Waals surface area contributed by atoms with Crippen LogP contribution in [0.25, 0.3) is 0 Å². The molecule has 6 heteroatoms. The van der Waals surface area contributed by atoms with E-state index in [1.165, 1.54) is 5.56 Å². The molecule has 4 rings (SSSR count). The number of ether oxygens (including phenoxy) is 2. The number of hydrogen-bond acceptors (Lipinski definition) is 5. The molecule has 1 amide bonds. The third kappa shape index (κ3) is 4.59. The van der Waals surface area contributed by atoms with Crippen LogP contribution in [0.1, 0.15) is 15.9 Å². The zero-order chi connectivity index (χ0) is 18.5. The maximum atomic E-state index is 12.3. The number of nitrogens with zero attached hydrogens (tertiary/aromatic N) is 2. The third-order valence-corrected chi connectivity index (χ3v) is 5.06. The van der Waals surface area contributed by atoms with Crippen LogP contribution in [0.15, 0.2) is 48.5 Å². The van der Waals surface area contributed by atoms with E-state index >= 15 is 0 Å². The van der Waals surface area contributed by atoms with Gasteiger partial charge in [0.05, 0.1) is 0 Å². The van der Waals surface area contributed by atoms with Crippen LogP contribution in [-0.4, -0.2) is 61.8 Å². The molecule has 0 spiro atoms. The maximum absolute atomic E-state index is 12.3. The molecule has 2 aliphatic rings. The van der Waals surface area contributed by atoms with E-state index in [4.69, 9.17) is 9.47 Å². The van der Waals surface area contributed by atoms with E-state index in [1.54, 1.807) is 18.2 Å². The Morgan fingerprint density at radius 2 is 1.67 bits per heavy atom. The molecular weight excluding hydrogens is 342 g/mol. The van der Waals surface area contributed by atoms with Gasteiger partial charge in [-0.3, -0.25) is 14.6 Å². The summed E-state index contributed by atoms with van der Waals surface area (Å²) in [5.74, 6) is 1.26. The Hall–Kier alpha value is -2.57. The summed E-state index contributed by atoms with van der Waals surface area (Å²) in [6.07, 6.45) is 0. The number of hydrogen-bond donors (Lipinski definition) is 1. The SMILES string of the molecule is O=C(NCCN1CCN(Cc2ccccc2)CC1)c1ccc2c(c1)OCO2. The van der Waals surface area contributed by atoms with Crippen molar-refractivity contribution >= 4 is 5.91 Å². The molecule has 0 bridgehead atoms. The van der Waals surface area contributed by atoms with Gasteiger partial charge in [-0.1, -0.05) is 30.3 Å². The van der Waals surface area contributed by atoms with Gasteiger partial charge in [-0.05, 0) is 23.8 Å². The lowest BCUT2D eigenvalue weighted by molar-refractivity contribution is 0.0933. The second kappa shape index (κ2) is 8.41. The van der Waals surface area contributed by atoms with Crippen molar-refractivity contribution in [3.63, 3.8) is 0 Å². The first-order valence-corrected chi connectivity index (χ1v) is 9.44. The average Bonchev–Trinajstić information content (AvgIpc) is 3.18. The Labute approximate surface area is 159 Å². The monoisotopic (exact) mass is 367 g/mol.